The number of aliphatic hydroxyl groups is 1. The molecular formula is C32H43NO4. The third kappa shape index (κ3) is 4.32. The van der Waals surface area contributed by atoms with Crippen LogP contribution in [0.25, 0.3) is 0 Å². The average molecular weight is 506 g/mol. The molecule has 1 aliphatic heterocycles. The molecule has 5 nitrogen and oxygen atoms in total. The fourth-order valence-corrected chi connectivity index (χ4v) is 7.16. The van der Waals surface area contributed by atoms with Gasteiger partial charge in [0.15, 0.2) is 0 Å². The van der Waals surface area contributed by atoms with Crippen molar-refractivity contribution in [3.63, 3.8) is 0 Å². The van der Waals surface area contributed by atoms with Gasteiger partial charge in [0.05, 0.1) is 23.8 Å². The highest BCUT2D eigenvalue weighted by atomic mass is 16.5. The van der Waals surface area contributed by atoms with Gasteiger partial charge in [0.25, 0.3) is 0 Å². The molecule has 1 aromatic carbocycles. The Morgan fingerprint density at radius 1 is 1.11 bits per heavy atom. The number of ether oxygens (including phenoxy) is 1. The van der Waals surface area contributed by atoms with Crippen LogP contribution in [0.2, 0.25) is 0 Å². The molecule has 5 heteroatoms. The van der Waals surface area contributed by atoms with E-state index in [-0.39, 0.29) is 35.2 Å². The first-order valence-corrected chi connectivity index (χ1v) is 14.0. The van der Waals surface area contributed by atoms with Gasteiger partial charge < -0.3 is 14.9 Å². The minimum atomic E-state index is -0.822. The molecule has 0 saturated heterocycles. The van der Waals surface area contributed by atoms with Crippen molar-refractivity contribution in [3.8, 4) is 0 Å². The predicted molar refractivity (Wildman–Crippen MR) is 145 cm³/mol. The van der Waals surface area contributed by atoms with E-state index in [1.807, 2.05) is 0 Å². The number of carbonyl (C=O) groups is 1. The Bertz CT molecular complexity index is 1200. The molecule has 1 aromatic heterocycles. The summed E-state index contributed by atoms with van der Waals surface area (Å²) in [6.07, 6.45) is 3.63. The second-order valence-electron chi connectivity index (χ2n) is 13.7. The molecule has 0 amide bonds. The van der Waals surface area contributed by atoms with Crippen molar-refractivity contribution in [1.82, 2.24) is 4.98 Å². The van der Waals surface area contributed by atoms with Crippen molar-refractivity contribution in [2.75, 3.05) is 0 Å². The van der Waals surface area contributed by atoms with Crippen molar-refractivity contribution in [2.24, 2.45) is 5.41 Å². The topological polar surface area (TPSA) is 79.7 Å². The largest absolute Gasteiger partial charge is 0.481 e. The van der Waals surface area contributed by atoms with Crippen LogP contribution in [0.5, 0.6) is 0 Å². The maximum Gasteiger partial charge on any atom is 0.304 e. The average Bonchev–Trinajstić information content (AvgIpc) is 3.40. The summed E-state index contributed by atoms with van der Waals surface area (Å²) in [5.74, 6) is -0.935. The van der Waals surface area contributed by atoms with Crippen LogP contribution >= 0.6 is 0 Å². The van der Waals surface area contributed by atoms with Crippen LogP contribution in [0, 0.1) is 5.41 Å². The van der Waals surface area contributed by atoms with Gasteiger partial charge in [0, 0.05) is 22.7 Å². The molecular weight excluding hydrogens is 462 g/mol. The Morgan fingerprint density at radius 2 is 1.73 bits per heavy atom. The van der Waals surface area contributed by atoms with Crippen molar-refractivity contribution in [2.45, 2.75) is 122 Å². The number of nitrogens with zero attached hydrogens (tertiary/aromatic N) is 1. The molecule has 2 N–H and O–H groups in total. The van der Waals surface area contributed by atoms with Crippen molar-refractivity contribution >= 4 is 5.97 Å². The van der Waals surface area contributed by atoms with Gasteiger partial charge in [0.1, 0.15) is 6.10 Å². The Balaban J connectivity index is 1.77. The summed E-state index contributed by atoms with van der Waals surface area (Å²) in [6.45, 7) is 15.1. The Labute approximate surface area is 221 Å². The van der Waals surface area contributed by atoms with Crippen LogP contribution in [0.15, 0.2) is 24.3 Å². The Morgan fingerprint density at radius 3 is 2.27 bits per heavy atom. The molecule has 1 spiro atoms. The fourth-order valence-electron chi connectivity index (χ4n) is 7.16. The lowest BCUT2D eigenvalue weighted by Gasteiger charge is -2.43. The molecule has 3 aliphatic rings. The number of benzene rings is 1. The number of aliphatic hydroxyl groups excluding tert-OH is 1. The van der Waals surface area contributed by atoms with Gasteiger partial charge in [-0.15, -0.1) is 0 Å². The van der Waals surface area contributed by atoms with Gasteiger partial charge >= 0.3 is 5.97 Å². The number of aliphatic carboxylic acids is 1. The first-order valence-electron chi connectivity index (χ1n) is 14.0. The molecule has 2 heterocycles. The second kappa shape index (κ2) is 8.91. The highest BCUT2D eigenvalue weighted by molar-refractivity contribution is 5.69. The molecule has 2 aromatic rings. The van der Waals surface area contributed by atoms with Crippen LogP contribution < -0.4 is 0 Å². The van der Waals surface area contributed by atoms with Crippen LogP contribution in [-0.4, -0.2) is 21.2 Å². The van der Waals surface area contributed by atoms with E-state index < -0.39 is 17.7 Å². The fraction of sp³-hybridized carbons (Fsp3) is 0.625. The molecule has 1 saturated carbocycles. The number of carboxylic acid groups (broad SMARTS) is 1. The van der Waals surface area contributed by atoms with Crippen LogP contribution in [-0.2, 0) is 20.5 Å². The van der Waals surface area contributed by atoms with Crippen LogP contribution in [0.4, 0.5) is 0 Å². The normalized spacial score (nSPS) is 25.9. The summed E-state index contributed by atoms with van der Waals surface area (Å²) in [4.78, 5) is 17.2. The third-order valence-corrected chi connectivity index (χ3v) is 9.14. The zero-order valence-electron chi connectivity index (χ0n) is 23.5. The van der Waals surface area contributed by atoms with Crippen molar-refractivity contribution < 1.29 is 19.7 Å². The number of pyridine rings is 1. The van der Waals surface area contributed by atoms with E-state index in [1.165, 1.54) is 5.56 Å². The van der Waals surface area contributed by atoms with Gasteiger partial charge in [-0.3, -0.25) is 9.78 Å². The van der Waals surface area contributed by atoms with E-state index in [9.17, 15) is 15.0 Å². The SMILES string of the molecule is CC(C)c1nc2c(c3c1[C@@H](c1ccc(C(C)(C)C)cc1)OC31CCCC1)[C@@H](O)CC(C)(C)[C@H]2CC(=O)O. The smallest absolute Gasteiger partial charge is 0.304 e. The number of carboxylic acids is 1. The molecule has 0 unspecified atom stereocenters. The van der Waals surface area contributed by atoms with E-state index in [4.69, 9.17) is 9.72 Å². The van der Waals surface area contributed by atoms with E-state index in [0.717, 1.165) is 59.3 Å². The summed E-state index contributed by atoms with van der Waals surface area (Å²) in [5.41, 5.74) is 6.53. The van der Waals surface area contributed by atoms with Gasteiger partial charge in [-0.25, -0.2) is 0 Å². The maximum atomic E-state index is 12.0. The maximum absolute atomic E-state index is 12.0. The summed E-state index contributed by atoms with van der Waals surface area (Å²) < 4.78 is 7.10. The minimum absolute atomic E-state index is 0.0155. The Kier molecular flexibility index (Phi) is 6.35. The molecule has 37 heavy (non-hydrogen) atoms. The molecule has 0 bridgehead atoms. The lowest BCUT2D eigenvalue weighted by Crippen LogP contribution is -2.36. The van der Waals surface area contributed by atoms with Crippen LogP contribution in [0.1, 0.15) is 150 Å². The zero-order valence-corrected chi connectivity index (χ0v) is 23.5. The second-order valence-corrected chi connectivity index (χ2v) is 13.7. The number of fused-ring (bicyclic) bond motifs is 4. The standard InChI is InChI=1S/C32H43NO4/c1-18(2)27-25-26(24-22(34)17-31(6,7)21(16-23(35)36)28(24)33-27)32(14-8-9-15-32)37-29(25)19-10-12-20(13-11-19)30(3,4)5/h10-13,18,21-22,29,34H,8-9,14-17H2,1-7H3,(H,35,36)/t21-,22-,29+/m0/s1. The van der Waals surface area contributed by atoms with Gasteiger partial charge in [-0.2, -0.15) is 0 Å². The van der Waals surface area contributed by atoms with E-state index in [0.29, 0.717) is 6.42 Å². The molecule has 200 valence electrons. The number of aromatic nitrogens is 1. The first-order chi connectivity index (χ1) is 17.2. The molecule has 0 radical (unpaired) electrons. The van der Waals surface area contributed by atoms with E-state index in [1.54, 1.807) is 0 Å². The van der Waals surface area contributed by atoms with Crippen molar-refractivity contribution in [3.05, 3.63) is 63.5 Å². The predicted octanol–water partition coefficient (Wildman–Crippen LogP) is 7.41. The molecule has 1 fully saturated rings. The Hall–Kier alpha value is -2.24. The number of rotatable bonds is 4. The van der Waals surface area contributed by atoms with Gasteiger partial charge in [0.2, 0.25) is 0 Å². The number of hydrogen-bond donors (Lipinski definition) is 2. The van der Waals surface area contributed by atoms with Gasteiger partial charge in [-0.05, 0) is 52.7 Å². The highest BCUT2D eigenvalue weighted by Crippen LogP contribution is 2.61. The highest BCUT2D eigenvalue weighted by Gasteiger charge is 2.54. The summed E-state index contributed by atoms with van der Waals surface area (Å²) in [7, 11) is 0. The van der Waals surface area contributed by atoms with Gasteiger partial charge in [-0.1, -0.05) is 85.6 Å². The summed E-state index contributed by atoms with van der Waals surface area (Å²) in [5, 5.41) is 21.4. The minimum Gasteiger partial charge on any atom is -0.481 e. The molecule has 2 aliphatic carbocycles. The summed E-state index contributed by atoms with van der Waals surface area (Å²) in [6, 6.07) is 8.80. The monoisotopic (exact) mass is 505 g/mol. The number of hydrogen-bond acceptors (Lipinski definition) is 4. The van der Waals surface area contributed by atoms with Crippen LogP contribution in [0.3, 0.4) is 0 Å². The van der Waals surface area contributed by atoms with Crippen molar-refractivity contribution in [1.29, 1.82) is 0 Å². The quantitative estimate of drug-likeness (QED) is 0.452. The third-order valence-electron chi connectivity index (χ3n) is 9.14. The molecule has 3 atom stereocenters. The zero-order chi connectivity index (χ0) is 26.9. The first kappa shape index (κ1) is 26.4. The lowest BCUT2D eigenvalue weighted by molar-refractivity contribution is -0.138. The summed E-state index contributed by atoms with van der Waals surface area (Å²) >= 11 is 0. The van der Waals surface area contributed by atoms with E-state index in [2.05, 4.69) is 72.7 Å². The van der Waals surface area contributed by atoms with E-state index >= 15 is 0 Å². The lowest BCUT2D eigenvalue weighted by atomic mass is 9.63. The molecule has 5 rings (SSSR count).